The first-order chi connectivity index (χ1) is 10.2. The minimum atomic E-state index is -0.895. The number of hydrogen-bond acceptors (Lipinski definition) is 4. The SMILES string of the molecule is COc1ccnc(CC(C(=O)O)c2ccccc2)c1OC. The number of aromatic nitrogens is 1. The van der Waals surface area contributed by atoms with Crippen LogP contribution in [0.4, 0.5) is 0 Å². The Hall–Kier alpha value is -2.56. The molecule has 2 aromatic rings. The molecule has 1 N–H and O–H groups in total. The molecule has 0 saturated carbocycles. The molecule has 0 aliphatic heterocycles. The Kier molecular flexibility index (Phi) is 4.77. The molecule has 110 valence electrons. The lowest BCUT2D eigenvalue weighted by atomic mass is 9.94. The fraction of sp³-hybridized carbons (Fsp3) is 0.250. The fourth-order valence-electron chi connectivity index (χ4n) is 2.22. The number of carboxylic acids is 1. The van der Waals surface area contributed by atoms with Gasteiger partial charge in [-0.1, -0.05) is 30.3 Å². The van der Waals surface area contributed by atoms with Crippen LogP contribution in [0.5, 0.6) is 11.5 Å². The Bertz CT molecular complexity index is 613. The van der Waals surface area contributed by atoms with E-state index in [0.29, 0.717) is 17.2 Å². The molecule has 5 nitrogen and oxygen atoms in total. The Morgan fingerprint density at radius 2 is 1.90 bits per heavy atom. The fourth-order valence-corrected chi connectivity index (χ4v) is 2.22. The highest BCUT2D eigenvalue weighted by Crippen LogP contribution is 2.32. The van der Waals surface area contributed by atoms with Crippen LogP contribution < -0.4 is 9.47 Å². The topological polar surface area (TPSA) is 68.7 Å². The molecular formula is C16H17NO4. The average molecular weight is 287 g/mol. The van der Waals surface area contributed by atoms with Crippen molar-refractivity contribution in [3.05, 3.63) is 53.9 Å². The third kappa shape index (κ3) is 3.31. The lowest BCUT2D eigenvalue weighted by Gasteiger charge is -2.16. The predicted octanol–water partition coefficient (Wildman–Crippen LogP) is 2.51. The molecule has 1 heterocycles. The maximum atomic E-state index is 11.6. The molecule has 1 aromatic heterocycles. The van der Waals surface area contributed by atoms with Gasteiger partial charge in [0.15, 0.2) is 11.5 Å². The number of carbonyl (C=O) groups is 1. The molecule has 0 aliphatic rings. The lowest BCUT2D eigenvalue weighted by molar-refractivity contribution is -0.138. The zero-order valence-electron chi connectivity index (χ0n) is 11.9. The van der Waals surface area contributed by atoms with Crippen LogP contribution in [0, 0.1) is 0 Å². The Labute approximate surface area is 123 Å². The molecule has 1 atom stereocenters. The van der Waals surface area contributed by atoms with Gasteiger partial charge in [-0.05, 0) is 5.56 Å². The van der Waals surface area contributed by atoms with E-state index in [1.165, 1.54) is 14.2 Å². The van der Waals surface area contributed by atoms with Crippen LogP contribution in [-0.2, 0) is 11.2 Å². The first-order valence-electron chi connectivity index (χ1n) is 6.51. The summed E-state index contributed by atoms with van der Waals surface area (Å²) < 4.78 is 10.5. The second-order valence-corrected chi connectivity index (χ2v) is 4.50. The van der Waals surface area contributed by atoms with Gasteiger partial charge >= 0.3 is 5.97 Å². The van der Waals surface area contributed by atoms with Crippen molar-refractivity contribution in [2.45, 2.75) is 12.3 Å². The number of carboxylic acid groups (broad SMARTS) is 1. The van der Waals surface area contributed by atoms with E-state index in [4.69, 9.17) is 9.47 Å². The van der Waals surface area contributed by atoms with Crippen molar-refractivity contribution in [1.29, 1.82) is 0 Å². The van der Waals surface area contributed by atoms with Crippen LogP contribution in [0.15, 0.2) is 42.6 Å². The third-order valence-corrected chi connectivity index (χ3v) is 3.26. The van der Waals surface area contributed by atoms with Gasteiger partial charge in [0.2, 0.25) is 0 Å². The molecule has 1 unspecified atom stereocenters. The number of pyridine rings is 1. The molecule has 0 bridgehead atoms. The summed E-state index contributed by atoms with van der Waals surface area (Å²) in [5.41, 5.74) is 1.30. The van der Waals surface area contributed by atoms with Gasteiger partial charge in [0, 0.05) is 18.7 Å². The average Bonchev–Trinajstić information content (AvgIpc) is 2.52. The summed E-state index contributed by atoms with van der Waals surface area (Å²) in [6, 6.07) is 10.8. The van der Waals surface area contributed by atoms with Crippen molar-refractivity contribution >= 4 is 5.97 Å². The number of benzene rings is 1. The Balaban J connectivity index is 2.36. The van der Waals surface area contributed by atoms with Gasteiger partial charge in [0.25, 0.3) is 0 Å². The number of hydrogen-bond donors (Lipinski definition) is 1. The van der Waals surface area contributed by atoms with Gasteiger partial charge in [-0.2, -0.15) is 0 Å². The van der Waals surface area contributed by atoms with Crippen molar-refractivity contribution in [2.75, 3.05) is 14.2 Å². The van der Waals surface area contributed by atoms with Crippen molar-refractivity contribution in [2.24, 2.45) is 0 Å². The van der Waals surface area contributed by atoms with Crippen LogP contribution >= 0.6 is 0 Å². The molecule has 21 heavy (non-hydrogen) atoms. The van der Waals surface area contributed by atoms with Crippen molar-refractivity contribution < 1.29 is 19.4 Å². The summed E-state index contributed by atoms with van der Waals surface area (Å²) in [6.07, 6.45) is 1.82. The summed E-state index contributed by atoms with van der Waals surface area (Å²) in [7, 11) is 3.05. The van der Waals surface area contributed by atoms with E-state index in [1.807, 2.05) is 18.2 Å². The van der Waals surface area contributed by atoms with Crippen LogP contribution in [0.1, 0.15) is 17.2 Å². The highest BCUT2D eigenvalue weighted by Gasteiger charge is 2.23. The van der Waals surface area contributed by atoms with Crippen LogP contribution in [0.3, 0.4) is 0 Å². The summed E-state index contributed by atoms with van der Waals surface area (Å²) >= 11 is 0. The molecule has 0 saturated heterocycles. The standard InChI is InChI=1S/C16H17NO4/c1-20-14-8-9-17-13(15(14)21-2)10-12(16(18)19)11-6-4-3-5-7-11/h3-9,12H,10H2,1-2H3,(H,18,19). The van der Waals surface area contributed by atoms with E-state index in [0.717, 1.165) is 5.56 Å². The minimum Gasteiger partial charge on any atom is -0.493 e. The lowest BCUT2D eigenvalue weighted by Crippen LogP contribution is -2.15. The number of ether oxygens (including phenoxy) is 2. The zero-order chi connectivity index (χ0) is 15.2. The van der Waals surface area contributed by atoms with Gasteiger partial charge in [-0.3, -0.25) is 9.78 Å². The molecule has 0 radical (unpaired) electrons. The molecule has 5 heteroatoms. The molecule has 0 fully saturated rings. The molecule has 2 rings (SSSR count). The summed E-state index contributed by atoms with van der Waals surface area (Å²) in [5, 5.41) is 9.48. The van der Waals surface area contributed by atoms with Crippen molar-refractivity contribution in [3.63, 3.8) is 0 Å². The molecule has 0 aliphatic carbocycles. The largest absolute Gasteiger partial charge is 0.493 e. The van der Waals surface area contributed by atoms with E-state index in [9.17, 15) is 9.90 Å². The maximum absolute atomic E-state index is 11.6. The van der Waals surface area contributed by atoms with E-state index >= 15 is 0 Å². The predicted molar refractivity (Wildman–Crippen MR) is 77.9 cm³/mol. The van der Waals surface area contributed by atoms with Gasteiger partial charge in [-0.15, -0.1) is 0 Å². The molecule has 1 aromatic carbocycles. The number of methoxy groups -OCH3 is 2. The second-order valence-electron chi connectivity index (χ2n) is 4.50. The first kappa shape index (κ1) is 14.8. The highest BCUT2D eigenvalue weighted by atomic mass is 16.5. The van der Waals surface area contributed by atoms with Gasteiger partial charge < -0.3 is 14.6 Å². The van der Waals surface area contributed by atoms with E-state index < -0.39 is 11.9 Å². The molecular weight excluding hydrogens is 270 g/mol. The van der Waals surface area contributed by atoms with Crippen molar-refractivity contribution in [1.82, 2.24) is 4.98 Å². The van der Waals surface area contributed by atoms with E-state index in [-0.39, 0.29) is 6.42 Å². The van der Waals surface area contributed by atoms with Crippen molar-refractivity contribution in [3.8, 4) is 11.5 Å². The third-order valence-electron chi connectivity index (χ3n) is 3.26. The van der Waals surface area contributed by atoms with Crippen LogP contribution in [-0.4, -0.2) is 30.3 Å². The maximum Gasteiger partial charge on any atom is 0.311 e. The van der Waals surface area contributed by atoms with E-state index in [1.54, 1.807) is 24.4 Å². The van der Waals surface area contributed by atoms with E-state index in [2.05, 4.69) is 4.98 Å². The van der Waals surface area contributed by atoms with Gasteiger partial charge in [-0.25, -0.2) is 0 Å². The normalized spacial score (nSPS) is 11.7. The van der Waals surface area contributed by atoms with Crippen LogP contribution in [0.25, 0.3) is 0 Å². The van der Waals surface area contributed by atoms with Crippen LogP contribution in [0.2, 0.25) is 0 Å². The summed E-state index contributed by atoms with van der Waals surface area (Å²) in [5.74, 6) is -0.561. The smallest absolute Gasteiger partial charge is 0.311 e. The Morgan fingerprint density at radius 3 is 2.48 bits per heavy atom. The number of aliphatic carboxylic acids is 1. The minimum absolute atomic E-state index is 0.236. The summed E-state index contributed by atoms with van der Waals surface area (Å²) in [6.45, 7) is 0. The number of nitrogens with zero attached hydrogens (tertiary/aromatic N) is 1. The monoisotopic (exact) mass is 287 g/mol. The van der Waals surface area contributed by atoms with Gasteiger partial charge in [0.1, 0.15) is 0 Å². The zero-order valence-corrected chi connectivity index (χ0v) is 11.9. The molecule has 0 amide bonds. The number of rotatable bonds is 6. The quantitative estimate of drug-likeness (QED) is 0.884. The summed E-state index contributed by atoms with van der Waals surface area (Å²) in [4.78, 5) is 15.8. The first-order valence-corrected chi connectivity index (χ1v) is 6.51. The van der Waals surface area contributed by atoms with Gasteiger partial charge in [0.05, 0.1) is 25.8 Å². The molecule has 0 spiro atoms. The highest BCUT2D eigenvalue weighted by molar-refractivity contribution is 5.76. The second kappa shape index (κ2) is 6.74. The Morgan fingerprint density at radius 1 is 1.19 bits per heavy atom.